The van der Waals surface area contributed by atoms with E-state index in [1.165, 1.54) is 18.2 Å². The van der Waals surface area contributed by atoms with E-state index in [1.807, 2.05) is 0 Å². The minimum absolute atomic E-state index is 0.0198. The minimum atomic E-state index is -4.32. The maximum atomic E-state index is 12.5. The molecule has 0 bridgehead atoms. The van der Waals surface area contributed by atoms with Crippen molar-refractivity contribution >= 4 is 27.6 Å². The van der Waals surface area contributed by atoms with E-state index in [0.717, 1.165) is 4.90 Å². The molecule has 0 radical (unpaired) electrons. The van der Waals surface area contributed by atoms with Crippen LogP contribution in [0.25, 0.3) is 0 Å². The first-order chi connectivity index (χ1) is 8.61. The van der Waals surface area contributed by atoms with Gasteiger partial charge < -0.3 is 10.0 Å². The maximum Gasteiger partial charge on any atom is 0.405 e. The second-order valence-corrected chi connectivity index (χ2v) is 5.16. The summed E-state index contributed by atoms with van der Waals surface area (Å²) in [5.41, 5.74) is 0.337. The van der Waals surface area contributed by atoms with Gasteiger partial charge >= 0.3 is 12.1 Å². The van der Waals surface area contributed by atoms with Crippen molar-refractivity contribution in [2.75, 3.05) is 11.4 Å². The summed E-state index contributed by atoms with van der Waals surface area (Å²) in [4.78, 5) is 11.9. The number of nitrogens with zero attached hydrogens (tertiary/aromatic N) is 1. The molecule has 106 valence electrons. The molecule has 0 aliphatic rings. The van der Waals surface area contributed by atoms with Gasteiger partial charge in [-0.1, -0.05) is 0 Å². The molecule has 0 amide bonds. The molecule has 1 aromatic carbocycles. The first-order valence-corrected chi connectivity index (χ1v) is 6.27. The summed E-state index contributed by atoms with van der Waals surface area (Å²) in [5.74, 6) is -1.13. The molecule has 0 fully saturated rings. The summed E-state index contributed by atoms with van der Waals surface area (Å²) in [6, 6.07) is 3.59. The molecule has 0 aromatic heterocycles. The Morgan fingerprint density at radius 2 is 2.00 bits per heavy atom. The van der Waals surface area contributed by atoms with Crippen LogP contribution in [0.2, 0.25) is 0 Å². The third kappa shape index (κ3) is 4.41. The molecule has 0 spiro atoms. The molecule has 0 saturated heterocycles. The van der Waals surface area contributed by atoms with Crippen LogP contribution < -0.4 is 4.90 Å². The van der Waals surface area contributed by atoms with Gasteiger partial charge in [-0.05, 0) is 48.0 Å². The van der Waals surface area contributed by atoms with Gasteiger partial charge in [-0.15, -0.1) is 0 Å². The van der Waals surface area contributed by atoms with E-state index in [1.54, 1.807) is 13.8 Å². The molecular weight excluding hydrogens is 327 g/mol. The predicted octanol–water partition coefficient (Wildman–Crippen LogP) is 3.92. The van der Waals surface area contributed by atoms with Crippen molar-refractivity contribution in [2.45, 2.75) is 26.1 Å². The van der Waals surface area contributed by atoms with Gasteiger partial charge in [-0.25, -0.2) is 4.79 Å². The molecule has 19 heavy (non-hydrogen) atoms. The highest BCUT2D eigenvalue weighted by Crippen LogP contribution is 2.31. The van der Waals surface area contributed by atoms with Crippen LogP contribution in [0.4, 0.5) is 18.9 Å². The number of carboxylic acids is 1. The Morgan fingerprint density at radius 1 is 1.42 bits per heavy atom. The van der Waals surface area contributed by atoms with Crippen molar-refractivity contribution in [3.8, 4) is 0 Å². The first kappa shape index (κ1) is 15.8. The number of alkyl halides is 3. The Bertz CT molecular complexity index is 475. The fraction of sp³-hybridized carbons (Fsp3) is 0.417. The van der Waals surface area contributed by atoms with Crippen molar-refractivity contribution in [1.82, 2.24) is 0 Å². The number of hydrogen-bond acceptors (Lipinski definition) is 2. The van der Waals surface area contributed by atoms with Gasteiger partial charge in [0.1, 0.15) is 6.54 Å². The number of carbonyl (C=O) groups is 1. The average Bonchev–Trinajstić information content (AvgIpc) is 2.24. The highest BCUT2D eigenvalue weighted by Gasteiger charge is 2.32. The van der Waals surface area contributed by atoms with Gasteiger partial charge in [0.25, 0.3) is 0 Å². The van der Waals surface area contributed by atoms with Crippen molar-refractivity contribution in [2.24, 2.45) is 0 Å². The predicted molar refractivity (Wildman–Crippen MR) is 69.6 cm³/mol. The van der Waals surface area contributed by atoms with E-state index in [9.17, 15) is 18.0 Å². The molecule has 0 aliphatic heterocycles. The summed E-state index contributed by atoms with van der Waals surface area (Å²) in [6.45, 7) is 2.20. The lowest BCUT2D eigenvalue weighted by Crippen LogP contribution is -2.39. The molecule has 0 atom stereocenters. The van der Waals surface area contributed by atoms with Crippen LogP contribution in [-0.4, -0.2) is 29.8 Å². The van der Waals surface area contributed by atoms with E-state index < -0.39 is 18.7 Å². The molecule has 0 unspecified atom stereocenters. The van der Waals surface area contributed by atoms with E-state index in [2.05, 4.69) is 15.9 Å². The Labute approximate surface area is 117 Å². The van der Waals surface area contributed by atoms with Gasteiger partial charge in [0, 0.05) is 10.5 Å². The van der Waals surface area contributed by atoms with Gasteiger partial charge in [0.15, 0.2) is 0 Å². The van der Waals surface area contributed by atoms with Crippen LogP contribution in [0.3, 0.4) is 0 Å². The van der Waals surface area contributed by atoms with E-state index in [4.69, 9.17) is 5.11 Å². The topological polar surface area (TPSA) is 40.5 Å². The van der Waals surface area contributed by atoms with E-state index in [-0.39, 0.29) is 11.6 Å². The maximum absolute atomic E-state index is 12.5. The van der Waals surface area contributed by atoms with Crippen LogP contribution in [0.1, 0.15) is 24.2 Å². The second kappa shape index (κ2) is 5.81. The zero-order valence-corrected chi connectivity index (χ0v) is 11.9. The summed E-state index contributed by atoms with van der Waals surface area (Å²) in [7, 11) is 0. The first-order valence-electron chi connectivity index (χ1n) is 5.48. The molecule has 1 N–H and O–H groups in total. The van der Waals surface area contributed by atoms with Crippen LogP contribution in [0.15, 0.2) is 22.7 Å². The Balaban J connectivity index is 3.14. The van der Waals surface area contributed by atoms with Gasteiger partial charge in [-0.3, -0.25) is 0 Å². The Morgan fingerprint density at radius 3 is 2.37 bits per heavy atom. The van der Waals surface area contributed by atoms with Crippen LogP contribution in [0, 0.1) is 0 Å². The van der Waals surface area contributed by atoms with Crippen molar-refractivity contribution in [1.29, 1.82) is 0 Å². The second-order valence-electron chi connectivity index (χ2n) is 4.31. The van der Waals surface area contributed by atoms with Gasteiger partial charge in [0.2, 0.25) is 0 Å². The lowest BCUT2D eigenvalue weighted by atomic mass is 10.1. The van der Waals surface area contributed by atoms with E-state index >= 15 is 0 Å². The number of aromatic carboxylic acids is 1. The zero-order valence-electron chi connectivity index (χ0n) is 10.3. The molecule has 3 nitrogen and oxygen atoms in total. The lowest BCUT2D eigenvalue weighted by molar-refractivity contribution is -0.120. The SMILES string of the molecule is CC(C)N(CC(F)(F)F)c1ccc(C(=O)O)cc1Br. The normalized spacial score (nSPS) is 11.7. The summed E-state index contributed by atoms with van der Waals surface area (Å²) in [5, 5.41) is 8.82. The molecule has 1 aromatic rings. The highest BCUT2D eigenvalue weighted by atomic mass is 79.9. The molecule has 7 heteroatoms. The quantitative estimate of drug-likeness (QED) is 0.903. The third-order valence-electron chi connectivity index (χ3n) is 2.48. The zero-order chi connectivity index (χ0) is 14.8. The molecule has 0 heterocycles. The minimum Gasteiger partial charge on any atom is -0.478 e. The Hall–Kier alpha value is -1.24. The van der Waals surface area contributed by atoms with E-state index in [0.29, 0.717) is 10.2 Å². The fourth-order valence-electron chi connectivity index (χ4n) is 1.61. The summed E-state index contributed by atoms with van der Waals surface area (Å²) in [6.07, 6.45) is -4.32. The average molecular weight is 340 g/mol. The van der Waals surface area contributed by atoms with Crippen LogP contribution in [-0.2, 0) is 0 Å². The molecule has 0 aliphatic carbocycles. The van der Waals surface area contributed by atoms with Crippen molar-refractivity contribution < 1.29 is 23.1 Å². The van der Waals surface area contributed by atoms with Crippen LogP contribution in [0.5, 0.6) is 0 Å². The molecular formula is C12H13BrF3NO2. The van der Waals surface area contributed by atoms with Crippen molar-refractivity contribution in [3.05, 3.63) is 28.2 Å². The fourth-order valence-corrected chi connectivity index (χ4v) is 2.22. The van der Waals surface area contributed by atoms with Gasteiger partial charge in [-0.2, -0.15) is 13.2 Å². The largest absolute Gasteiger partial charge is 0.478 e. The monoisotopic (exact) mass is 339 g/mol. The summed E-state index contributed by atoms with van der Waals surface area (Å²) >= 11 is 3.12. The standard InChI is InChI=1S/C12H13BrF3NO2/c1-7(2)17(6-12(14,15)16)10-4-3-8(11(18)19)5-9(10)13/h3-5,7H,6H2,1-2H3,(H,18,19). The third-order valence-corrected chi connectivity index (χ3v) is 3.11. The Kier molecular flexibility index (Phi) is 4.84. The van der Waals surface area contributed by atoms with Crippen molar-refractivity contribution in [3.63, 3.8) is 0 Å². The highest BCUT2D eigenvalue weighted by molar-refractivity contribution is 9.10. The van der Waals surface area contributed by atoms with Gasteiger partial charge in [0.05, 0.1) is 11.3 Å². The number of benzene rings is 1. The number of rotatable bonds is 4. The molecule has 0 saturated carbocycles. The number of anilines is 1. The van der Waals surface area contributed by atoms with Crippen LogP contribution >= 0.6 is 15.9 Å². The lowest BCUT2D eigenvalue weighted by Gasteiger charge is -2.30. The summed E-state index contributed by atoms with van der Waals surface area (Å²) < 4.78 is 37.9. The number of carboxylic acid groups (broad SMARTS) is 1. The smallest absolute Gasteiger partial charge is 0.405 e. The number of halogens is 4. The number of hydrogen-bond donors (Lipinski definition) is 1. The molecule has 1 rings (SSSR count).